The maximum atomic E-state index is 12.4. The summed E-state index contributed by atoms with van der Waals surface area (Å²) in [7, 11) is 0. The van der Waals surface area contributed by atoms with Crippen LogP contribution in [0.15, 0.2) is 17.0 Å². The summed E-state index contributed by atoms with van der Waals surface area (Å²) in [6.07, 6.45) is 2.52. The first-order valence-corrected chi connectivity index (χ1v) is 5.16. The lowest BCUT2D eigenvalue weighted by molar-refractivity contribution is 0.0699. The molecule has 2 aromatic rings. The molecule has 0 aliphatic heterocycles. The minimum absolute atomic E-state index is 0.0797. The molecule has 8 heteroatoms. The van der Waals surface area contributed by atoms with Gasteiger partial charge in [-0.2, -0.15) is 0 Å². The third-order valence-electron chi connectivity index (χ3n) is 1.74. The second kappa shape index (κ2) is 3.78. The van der Waals surface area contributed by atoms with Crippen LogP contribution in [0.25, 0.3) is 11.2 Å². The molecule has 15 heavy (non-hydrogen) atoms. The van der Waals surface area contributed by atoms with E-state index in [0.717, 1.165) is 10.2 Å². The zero-order valence-corrected chi connectivity index (χ0v) is 9.42. The minimum atomic E-state index is -1.17. The van der Waals surface area contributed by atoms with Crippen LogP contribution in [-0.4, -0.2) is 25.0 Å². The Hall–Kier alpha value is -1.15. The number of carboxylic acids is 1. The molecule has 0 unspecified atom stereocenters. The normalized spacial score (nSPS) is 10.8. The van der Waals surface area contributed by atoms with Gasteiger partial charge >= 0.3 is 5.97 Å². The molecule has 2 heterocycles. The summed E-state index contributed by atoms with van der Waals surface area (Å²) in [5.41, 5.74) is 0.258. The number of aromatic carboxylic acids is 1. The van der Waals surface area contributed by atoms with Crippen LogP contribution in [0.2, 0.25) is 0 Å². The third kappa shape index (κ3) is 1.70. The lowest BCUT2D eigenvalue weighted by Crippen LogP contribution is -1.95. The smallest absolute Gasteiger partial charge is 0.339 e. The Morgan fingerprint density at radius 1 is 1.67 bits per heavy atom. The van der Waals surface area contributed by atoms with Crippen molar-refractivity contribution in [3.05, 3.63) is 22.6 Å². The average Bonchev–Trinajstić information content (AvgIpc) is 2.55. The highest BCUT2D eigenvalue weighted by molar-refractivity contribution is 9.10. The standard InChI is InChI=1S/C7H3BrFN3O2S/c8-4-1-10-6-5(11-4)3(7(13)14)2-12(6)15-9/h1-2H,(H,13,14). The van der Waals surface area contributed by atoms with Crippen molar-refractivity contribution in [3.8, 4) is 0 Å². The zero-order valence-electron chi connectivity index (χ0n) is 7.02. The summed E-state index contributed by atoms with van der Waals surface area (Å²) < 4.78 is 13.9. The molecule has 0 bridgehead atoms. The van der Waals surface area contributed by atoms with E-state index in [1.807, 2.05) is 0 Å². The van der Waals surface area contributed by atoms with E-state index in [1.54, 1.807) is 0 Å². The van der Waals surface area contributed by atoms with E-state index < -0.39 is 5.97 Å². The second-order valence-electron chi connectivity index (χ2n) is 2.61. The van der Waals surface area contributed by atoms with E-state index in [-0.39, 0.29) is 29.1 Å². The van der Waals surface area contributed by atoms with Gasteiger partial charge in [0.2, 0.25) is 0 Å². The maximum Gasteiger partial charge on any atom is 0.339 e. The van der Waals surface area contributed by atoms with Crippen LogP contribution in [0.5, 0.6) is 0 Å². The highest BCUT2D eigenvalue weighted by Gasteiger charge is 2.17. The predicted octanol–water partition coefficient (Wildman–Crippen LogP) is 2.27. The predicted molar refractivity (Wildman–Crippen MR) is 56.3 cm³/mol. The van der Waals surface area contributed by atoms with E-state index in [9.17, 15) is 8.68 Å². The molecule has 2 rings (SSSR count). The number of hydrogen-bond acceptors (Lipinski definition) is 4. The molecule has 1 N–H and O–H groups in total. The summed E-state index contributed by atoms with van der Waals surface area (Å²) in [5, 5.41) is 8.85. The van der Waals surface area contributed by atoms with Crippen molar-refractivity contribution in [2.24, 2.45) is 0 Å². The van der Waals surface area contributed by atoms with Gasteiger partial charge in [-0.25, -0.2) is 18.7 Å². The number of rotatable bonds is 2. The van der Waals surface area contributed by atoms with Gasteiger partial charge in [-0.3, -0.25) is 0 Å². The van der Waals surface area contributed by atoms with Crippen molar-refractivity contribution in [1.29, 1.82) is 0 Å². The minimum Gasteiger partial charge on any atom is -0.478 e. The first-order valence-electron chi connectivity index (χ1n) is 3.69. The molecule has 0 aliphatic carbocycles. The topological polar surface area (TPSA) is 68.0 Å². The molecule has 78 valence electrons. The summed E-state index contributed by atoms with van der Waals surface area (Å²) in [6.45, 7) is 0. The highest BCUT2D eigenvalue weighted by Crippen LogP contribution is 2.23. The Balaban J connectivity index is 2.81. The molecule has 0 spiro atoms. The van der Waals surface area contributed by atoms with Crippen LogP contribution in [-0.2, 0) is 0 Å². The van der Waals surface area contributed by atoms with Crippen molar-refractivity contribution in [2.45, 2.75) is 0 Å². The van der Waals surface area contributed by atoms with E-state index in [4.69, 9.17) is 5.11 Å². The van der Waals surface area contributed by atoms with E-state index in [2.05, 4.69) is 25.9 Å². The van der Waals surface area contributed by atoms with Gasteiger partial charge in [-0.05, 0) is 15.9 Å². The molecule has 0 aliphatic rings. The van der Waals surface area contributed by atoms with Crippen LogP contribution in [0.1, 0.15) is 10.4 Å². The average molecular weight is 292 g/mol. The molecule has 5 nitrogen and oxygen atoms in total. The molecule has 0 radical (unpaired) electrons. The van der Waals surface area contributed by atoms with Crippen LogP contribution < -0.4 is 0 Å². The lowest BCUT2D eigenvalue weighted by atomic mass is 10.3. The lowest BCUT2D eigenvalue weighted by Gasteiger charge is -1.94. The van der Waals surface area contributed by atoms with Crippen molar-refractivity contribution in [2.75, 3.05) is 0 Å². The number of fused-ring (bicyclic) bond motifs is 1. The van der Waals surface area contributed by atoms with Gasteiger partial charge in [-0.15, -0.1) is 3.89 Å². The third-order valence-corrected chi connectivity index (χ3v) is 2.55. The SMILES string of the molecule is O=C(O)c1cn(SF)c2ncc(Br)nc12. The molecular formula is C7H3BrFN3O2S. The molecule has 2 aromatic heterocycles. The Morgan fingerprint density at radius 2 is 2.40 bits per heavy atom. The Morgan fingerprint density at radius 3 is 3.00 bits per heavy atom. The Kier molecular flexibility index (Phi) is 2.61. The first kappa shape index (κ1) is 10.4. The van der Waals surface area contributed by atoms with Crippen molar-refractivity contribution >= 4 is 45.4 Å². The molecular weight excluding hydrogens is 289 g/mol. The van der Waals surface area contributed by atoms with Gasteiger partial charge < -0.3 is 5.11 Å². The van der Waals surface area contributed by atoms with Crippen LogP contribution in [0.4, 0.5) is 3.89 Å². The van der Waals surface area contributed by atoms with Gasteiger partial charge in [0.15, 0.2) is 18.0 Å². The molecule has 0 fully saturated rings. The summed E-state index contributed by atoms with van der Waals surface area (Å²) in [5.74, 6) is -1.17. The fourth-order valence-corrected chi connectivity index (χ4v) is 1.78. The number of aromatic nitrogens is 3. The number of nitrogens with zero attached hydrogens (tertiary/aromatic N) is 3. The Labute approximate surface area is 95.9 Å². The second-order valence-corrected chi connectivity index (χ2v) is 3.95. The van der Waals surface area contributed by atoms with Gasteiger partial charge in [0.1, 0.15) is 15.7 Å². The number of halogens is 2. The van der Waals surface area contributed by atoms with Crippen LogP contribution in [0.3, 0.4) is 0 Å². The Bertz CT molecular complexity index is 544. The molecule has 0 amide bonds. The first-order chi connectivity index (χ1) is 7.13. The van der Waals surface area contributed by atoms with E-state index in [1.165, 1.54) is 6.20 Å². The van der Waals surface area contributed by atoms with Crippen molar-refractivity contribution in [1.82, 2.24) is 13.9 Å². The number of carbonyl (C=O) groups is 1. The summed E-state index contributed by atoms with van der Waals surface area (Å²) in [4.78, 5) is 18.6. The quantitative estimate of drug-likeness (QED) is 0.919. The number of hydrogen-bond donors (Lipinski definition) is 1. The van der Waals surface area contributed by atoms with Gasteiger partial charge in [0, 0.05) is 6.20 Å². The van der Waals surface area contributed by atoms with Gasteiger partial charge in [0.05, 0.1) is 6.20 Å². The summed E-state index contributed by atoms with van der Waals surface area (Å²) in [6, 6.07) is 0. The fraction of sp³-hybridized carbons (Fsp3) is 0. The van der Waals surface area contributed by atoms with Crippen LogP contribution >= 0.6 is 28.3 Å². The fourth-order valence-electron chi connectivity index (χ4n) is 1.15. The molecule has 0 aromatic carbocycles. The molecule has 0 saturated carbocycles. The monoisotopic (exact) mass is 291 g/mol. The number of carboxylic acid groups (broad SMARTS) is 1. The largest absolute Gasteiger partial charge is 0.478 e. The van der Waals surface area contributed by atoms with Gasteiger partial charge in [0.25, 0.3) is 0 Å². The highest BCUT2D eigenvalue weighted by atomic mass is 79.9. The van der Waals surface area contributed by atoms with Crippen LogP contribution in [0, 0.1) is 0 Å². The maximum absolute atomic E-state index is 12.4. The molecule has 0 saturated heterocycles. The van der Waals surface area contributed by atoms with Crippen molar-refractivity contribution < 1.29 is 13.8 Å². The summed E-state index contributed by atoms with van der Waals surface area (Å²) >= 11 is 2.95. The van der Waals surface area contributed by atoms with E-state index >= 15 is 0 Å². The van der Waals surface area contributed by atoms with E-state index in [0.29, 0.717) is 4.60 Å². The molecule has 0 atom stereocenters. The van der Waals surface area contributed by atoms with Crippen molar-refractivity contribution in [3.63, 3.8) is 0 Å². The zero-order chi connectivity index (χ0) is 11.0. The van der Waals surface area contributed by atoms with Gasteiger partial charge in [-0.1, -0.05) is 0 Å².